The van der Waals surface area contributed by atoms with Gasteiger partial charge in [-0.15, -0.1) is 12.4 Å². The molecule has 0 aliphatic carbocycles. The highest BCUT2D eigenvalue weighted by Crippen LogP contribution is 2.14. The fourth-order valence-electron chi connectivity index (χ4n) is 1.71. The molecule has 0 saturated carbocycles. The number of carbonyl (C=O) groups excluding carboxylic acids is 1. The third-order valence-corrected chi connectivity index (χ3v) is 2.56. The van der Waals surface area contributed by atoms with Crippen LogP contribution in [-0.2, 0) is 4.79 Å². The number of nitrogens with zero attached hydrogens (tertiary/aromatic N) is 1. The van der Waals surface area contributed by atoms with Crippen molar-refractivity contribution in [3.05, 3.63) is 0 Å². The normalized spacial score (nSPS) is 21.1. The molecule has 1 fully saturated rings. The van der Waals surface area contributed by atoms with Gasteiger partial charge < -0.3 is 11.1 Å². The molecule has 1 atom stereocenters. The smallest absolute Gasteiger partial charge is 0.346 e. The van der Waals surface area contributed by atoms with E-state index in [1.807, 2.05) is 10.2 Å². The predicted molar refractivity (Wildman–Crippen MR) is 59.9 cm³/mol. The van der Waals surface area contributed by atoms with Crippen LogP contribution in [0.3, 0.4) is 0 Å². The SMILES string of the molecule is Cl.NCC1CCN(CC(=O)NCC(F)(F)F)C1. The Kier molecular flexibility index (Phi) is 6.81. The van der Waals surface area contributed by atoms with Gasteiger partial charge in [-0.2, -0.15) is 13.2 Å². The predicted octanol–water partition coefficient (Wildman–Crippen LogP) is 0.367. The molecular formula is C9H17ClF3N3O. The molecule has 0 aromatic rings. The van der Waals surface area contributed by atoms with E-state index in [2.05, 4.69) is 0 Å². The second-order valence-electron chi connectivity index (χ2n) is 4.02. The van der Waals surface area contributed by atoms with Crippen LogP contribution in [0.2, 0.25) is 0 Å². The number of hydrogen-bond donors (Lipinski definition) is 2. The Morgan fingerprint density at radius 3 is 2.59 bits per heavy atom. The van der Waals surface area contributed by atoms with Crippen LogP contribution in [-0.4, -0.2) is 49.7 Å². The Balaban J connectivity index is 0.00000256. The summed E-state index contributed by atoms with van der Waals surface area (Å²) in [5, 5.41) is 1.85. The van der Waals surface area contributed by atoms with Gasteiger partial charge in [0, 0.05) is 6.54 Å². The molecule has 1 rings (SSSR count). The monoisotopic (exact) mass is 275 g/mol. The zero-order chi connectivity index (χ0) is 12.2. The molecule has 0 spiro atoms. The fraction of sp³-hybridized carbons (Fsp3) is 0.889. The summed E-state index contributed by atoms with van der Waals surface area (Å²) in [5.41, 5.74) is 5.47. The minimum absolute atomic E-state index is 0. The van der Waals surface area contributed by atoms with E-state index < -0.39 is 18.6 Å². The van der Waals surface area contributed by atoms with E-state index in [1.165, 1.54) is 0 Å². The third-order valence-electron chi connectivity index (χ3n) is 2.56. The number of nitrogens with two attached hydrogens (primary N) is 1. The highest BCUT2D eigenvalue weighted by Gasteiger charge is 2.28. The van der Waals surface area contributed by atoms with Crippen molar-refractivity contribution < 1.29 is 18.0 Å². The summed E-state index contributed by atoms with van der Waals surface area (Å²) in [5.74, 6) is -0.231. The number of amides is 1. The Morgan fingerprint density at radius 1 is 1.47 bits per heavy atom. The molecule has 1 aliphatic rings. The molecule has 3 N–H and O–H groups in total. The van der Waals surface area contributed by atoms with Crippen LogP contribution in [0.15, 0.2) is 0 Å². The van der Waals surface area contributed by atoms with Gasteiger partial charge in [-0.25, -0.2) is 0 Å². The number of rotatable bonds is 4. The average molecular weight is 276 g/mol. The standard InChI is InChI=1S/C9H16F3N3O.ClH/c10-9(11,12)6-14-8(16)5-15-2-1-7(3-13)4-15;/h7H,1-6,13H2,(H,14,16);1H. The van der Waals surface area contributed by atoms with E-state index in [1.54, 1.807) is 0 Å². The van der Waals surface area contributed by atoms with Gasteiger partial charge in [-0.05, 0) is 25.4 Å². The number of alkyl halides is 3. The average Bonchev–Trinajstić information content (AvgIpc) is 2.61. The molecule has 0 aromatic carbocycles. The number of hydrogen-bond acceptors (Lipinski definition) is 3. The zero-order valence-electron chi connectivity index (χ0n) is 9.29. The Hall–Kier alpha value is -0.530. The maximum Gasteiger partial charge on any atom is 0.405 e. The van der Waals surface area contributed by atoms with E-state index in [-0.39, 0.29) is 19.0 Å². The minimum Gasteiger partial charge on any atom is -0.346 e. The summed E-state index contributed by atoms with van der Waals surface area (Å²) in [7, 11) is 0. The summed E-state index contributed by atoms with van der Waals surface area (Å²) < 4.78 is 35.4. The highest BCUT2D eigenvalue weighted by atomic mass is 35.5. The summed E-state index contributed by atoms with van der Waals surface area (Å²) in [4.78, 5) is 13.0. The molecular weight excluding hydrogens is 259 g/mol. The second kappa shape index (κ2) is 7.03. The largest absolute Gasteiger partial charge is 0.405 e. The van der Waals surface area contributed by atoms with E-state index >= 15 is 0 Å². The fourth-order valence-corrected chi connectivity index (χ4v) is 1.71. The molecule has 102 valence electrons. The second-order valence-corrected chi connectivity index (χ2v) is 4.02. The van der Waals surface area contributed by atoms with E-state index in [9.17, 15) is 18.0 Å². The third kappa shape index (κ3) is 6.70. The van der Waals surface area contributed by atoms with Crippen LogP contribution >= 0.6 is 12.4 Å². The van der Waals surface area contributed by atoms with E-state index in [4.69, 9.17) is 5.73 Å². The summed E-state index contributed by atoms with van der Waals surface area (Å²) in [6.07, 6.45) is -3.44. The number of carbonyl (C=O) groups is 1. The quantitative estimate of drug-likeness (QED) is 0.779. The zero-order valence-corrected chi connectivity index (χ0v) is 10.1. The molecule has 1 saturated heterocycles. The van der Waals surface area contributed by atoms with Gasteiger partial charge in [0.2, 0.25) is 5.91 Å². The van der Waals surface area contributed by atoms with Gasteiger partial charge in [-0.1, -0.05) is 0 Å². The first kappa shape index (κ1) is 16.5. The van der Waals surface area contributed by atoms with Crippen molar-refractivity contribution in [1.29, 1.82) is 0 Å². The Bertz CT molecular complexity index is 250. The van der Waals surface area contributed by atoms with Crippen molar-refractivity contribution >= 4 is 18.3 Å². The number of nitrogens with one attached hydrogen (secondary N) is 1. The molecule has 17 heavy (non-hydrogen) atoms. The van der Waals surface area contributed by atoms with Gasteiger partial charge in [0.15, 0.2) is 0 Å². The minimum atomic E-state index is -4.35. The van der Waals surface area contributed by atoms with Crippen molar-refractivity contribution in [2.45, 2.75) is 12.6 Å². The van der Waals surface area contributed by atoms with Crippen molar-refractivity contribution in [3.63, 3.8) is 0 Å². The summed E-state index contributed by atoms with van der Waals surface area (Å²) >= 11 is 0. The first-order valence-corrected chi connectivity index (χ1v) is 5.16. The van der Waals surface area contributed by atoms with Crippen LogP contribution in [0.1, 0.15) is 6.42 Å². The molecule has 4 nitrogen and oxygen atoms in total. The lowest BCUT2D eigenvalue weighted by atomic mass is 10.1. The molecule has 0 bridgehead atoms. The molecule has 1 amide bonds. The maximum absolute atomic E-state index is 11.8. The van der Waals surface area contributed by atoms with Gasteiger partial charge in [0.05, 0.1) is 6.54 Å². The van der Waals surface area contributed by atoms with E-state index in [0.29, 0.717) is 19.0 Å². The van der Waals surface area contributed by atoms with Crippen LogP contribution in [0, 0.1) is 5.92 Å². The molecule has 1 heterocycles. The lowest BCUT2D eigenvalue weighted by Crippen LogP contribution is -2.40. The van der Waals surface area contributed by atoms with Crippen LogP contribution < -0.4 is 11.1 Å². The van der Waals surface area contributed by atoms with Gasteiger partial charge in [-0.3, -0.25) is 9.69 Å². The highest BCUT2D eigenvalue weighted by molar-refractivity contribution is 5.85. The first-order valence-electron chi connectivity index (χ1n) is 5.16. The Morgan fingerprint density at radius 2 is 2.12 bits per heavy atom. The number of halogens is 4. The van der Waals surface area contributed by atoms with Crippen LogP contribution in [0.4, 0.5) is 13.2 Å². The molecule has 8 heteroatoms. The van der Waals surface area contributed by atoms with Gasteiger partial charge >= 0.3 is 6.18 Å². The van der Waals surface area contributed by atoms with Crippen molar-refractivity contribution in [3.8, 4) is 0 Å². The lowest BCUT2D eigenvalue weighted by molar-refractivity contribution is -0.138. The van der Waals surface area contributed by atoms with E-state index in [0.717, 1.165) is 13.0 Å². The summed E-state index contributed by atoms with van der Waals surface area (Å²) in [6.45, 7) is 0.727. The van der Waals surface area contributed by atoms with Crippen molar-refractivity contribution in [1.82, 2.24) is 10.2 Å². The molecule has 1 unspecified atom stereocenters. The first-order chi connectivity index (χ1) is 7.40. The molecule has 0 aromatic heterocycles. The van der Waals surface area contributed by atoms with Crippen molar-refractivity contribution in [2.24, 2.45) is 11.7 Å². The lowest BCUT2D eigenvalue weighted by Gasteiger charge is -2.15. The van der Waals surface area contributed by atoms with Crippen LogP contribution in [0.5, 0.6) is 0 Å². The van der Waals surface area contributed by atoms with Crippen molar-refractivity contribution in [2.75, 3.05) is 32.7 Å². The van der Waals surface area contributed by atoms with Crippen LogP contribution in [0.25, 0.3) is 0 Å². The number of likely N-dealkylation sites (tertiary alicyclic amines) is 1. The van der Waals surface area contributed by atoms with Gasteiger partial charge in [0.1, 0.15) is 6.54 Å². The topological polar surface area (TPSA) is 58.4 Å². The Labute approximate surface area is 104 Å². The summed E-state index contributed by atoms with van der Waals surface area (Å²) in [6, 6.07) is 0. The molecule has 1 aliphatic heterocycles. The molecule has 0 radical (unpaired) electrons. The maximum atomic E-state index is 11.8. The van der Waals surface area contributed by atoms with Gasteiger partial charge in [0.25, 0.3) is 0 Å².